The fourth-order valence-electron chi connectivity index (χ4n) is 2.22. The molecule has 19 heavy (non-hydrogen) atoms. The fraction of sp³-hybridized carbons (Fsp3) is 0.538. The van der Waals surface area contributed by atoms with Gasteiger partial charge in [-0.1, -0.05) is 0 Å². The van der Waals surface area contributed by atoms with Crippen LogP contribution in [0.5, 0.6) is 5.75 Å². The number of rotatable bonds is 2. The summed E-state index contributed by atoms with van der Waals surface area (Å²) >= 11 is 0. The Hall–Kier alpha value is -1.43. The molecule has 0 radical (unpaired) electrons. The SMILES string of the molecule is CC1CN(c2ccc(OC(F)(F)F)cc2)C(C)CN1. The van der Waals surface area contributed by atoms with Gasteiger partial charge in [0.25, 0.3) is 0 Å². The molecule has 1 fully saturated rings. The lowest BCUT2D eigenvalue weighted by atomic mass is 10.1. The molecule has 0 aliphatic carbocycles. The van der Waals surface area contributed by atoms with Crippen LogP contribution >= 0.6 is 0 Å². The van der Waals surface area contributed by atoms with Crippen LogP contribution < -0.4 is 15.0 Å². The van der Waals surface area contributed by atoms with E-state index >= 15 is 0 Å². The van der Waals surface area contributed by atoms with Gasteiger partial charge in [0.1, 0.15) is 5.75 Å². The molecular formula is C13H17F3N2O. The monoisotopic (exact) mass is 274 g/mol. The third-order valence-corrected chi connectivity index (χ3v) is 3.17. The van der Waals surface area contributed by atoms with Gasteiger partial charge in [0.2, 0.25) is 0 Å². The standard InChI is InChI=1S/C13H17F3N2O/c1-9-8-18(10(2)7-17-9)11-3-5-12(6-4-11)19-13(14,15)16/h3-6,9-10,17H,7-8H2,1-2H3. The van der Waals surface area contributed by atoms with Crippen LogP contribution in [-0.4, -0.2) is 31.5 Å². The van der Waals surface area contributed by atoms with Gasteiger partial charge in [-0.15, -0.1) is 13.2 Å². The fourth-order valence-corrected chi connectivity index (χ4v) is 2.22. The van der Waals surface area contributed by atoms with E-state index in [4.69, 9.17) is 0 Å². The molecule has 2 unspecified atom stereocenters. The average molecular weight is 274 g/mol. The number of benzene rings is 1. The molecule has 1 aliphatic heterocycles. The minimum absolute atomic E-state index is 0.188. The van der Waals surface area contributed by atoms with E-state index in [2.05, 4.69) is 28.8 Å². The molecule has 0 saturated carbocycles. The second kappa shape index (κ2) is 5.28. The molecule has 1 aromatic carbocycles. The molecule has 106 valence electrons. The van der Waals surface area contributed by atoms with Crippen LogP contribution in [-0.2, 0) is 0 Å². The molecular weight excluding hydrogens is 257 g/mol. The normalized spacial score (nSPS) is 24.4. The summed E-state index contributed by atoms with van der Waals surface area (Å²) in [6.45, 7) is 5.86. The van der Waals surface area contributed by atoms with Gasteiger partial charge < -0.3 is 15.0 Å². The van der Waals surface area contributed by atoms with Gasteiger partial charge in [0.15, 0.2) is 0 Å². The number of piperazine rings is 1. The van der Waals surface area contributed by atoms with Crippen molar-refractivity contribution in [3.8, 4) is 5.75 Å². The Morgan fingerprint density at radius 3 is 2.42 bits per heavy atom. The third kappa shape index (κ3) is 3.76. The molecule has 1 aromatic rings. The van der Waals surface area contributed by atoms with Gasteiger partial charge in [0.05, 0.1) is 0 Å². The summed E-state index contributed by atoms with van der Waals surface area (Å²) in [5, 5.41) is 3.36. The molecule has 1 heterocycles. The minimum Gasteiger partial charge on any atom is -0.406 e. The molecule has 1 saturated heterocycles. The molecule has 6 heteroatoms. The van der Waals surface area contributed by atoms with Crippen LogP contribution in [0.3, 0.4) is 0 Å². The van der Waals surface area contributed by atoms with Gasteiger partial charge in [-0.2, -0.15) is 0 Å². The highest BCUT2D eigenvalue weighted by Gasteiger charge is 2.31. The minimum atomic E-state index is -4.64. The van der Waals surface area contributed by atoms with E-state index < -0.39 is 6.36 Å². The van der Waals surface area contributed by atoms with Gasteiger partial charge in [0, 0.05) is 30.9 Å². The maximum Gasteiger partial charge on any atom is 0.573 e. The van der Waals surface area contributed by atoms with Crippen molar-refractivity contribution in [1.29, 1.82) is 0 Å². The Bertz CT molecular complexity index is 419. The summed E-state index contributed by atoms with van der Waals surface area (Å²) in [4.78, 5) is 2.18. The first-order chi connectivity index (χ1) is 8.85. The number of nitrogens with zero attached hydrogens (tertiary/aromatic N) is 1. The van der Waals surface area contributed by atoms with E-state index in [1.165, 1.54) is 12.1 Å². The van der Waals surface area contributed by atoms with Crippen molar-refractivity contribution in [3.05, 3.63) is 24.3 Å². The van der Waals surface area contributed by atoms with Crippen molar-refractivity contribution >= 4 is 5.69 Å². The third-order valence-electron chi connectivity index (χ3n) is 3.17. The summed E-state index contributed by atoms with van der Waals surface area (Å²) in [5.74, 6) is -0.188. The van der Waals surface area contributed by atoms with Crippen LogP contribution in [0.2, 0.25) is 0 Å². The molecule has 0 aromatic heterocycles. The van der Waals surface area contributed by atoms with Crippen LogP contribution in [0.1, 0.15) is 13.8 Å². The summed E-state index contributed by atoms with van der Waals surface area (Å²) < 4.78 is 40.1. The maximum absolute atomic E-state index is 12.1. The second-order valence-electron chi connectivity index (χ2n) is 4.85. The molecule has 0 amide bonds. The number of hydrogen-bond acceptors (Lipinski definition) is 3. The van der Waals surface area contributed by atoms with E-state index in [0.29, 0.717) is 12.1 Å². The van der Waals surface area contributed by atoms with E-state index in [9.17, 15) is 13.2 Å². The Morgan fingerprint density at radius 2 is 1.84 bits per heavy atom. The number of hydrogen-bond donors (Lipinski definition) is 1. The first-order valence-electron chi connectivity index (χ1n) is 6.21. The first kappa shape index (κ1) is 14.0. The van der Waals surface area contributed by atoms with E-state index in [1.807, 2.05) is 0 Å². The van der Waals surface area contributed by atoms with Crippen molar-refractivity contribution in [3.63, 3.8) is 0 Å². The van der Waals surface area contributed by atoms with Crippen molar-refractivity contribution in [2.24, 2.45) is 0 Å². The number of halogens is 3. The van der Waals surface area contributed by atoms with E-state index in [1.54, 1.807) is 12.1 Å². The largest absolute Gasteiger partial charge is 0.573 e. The van der Waals surface area contributed by atoms with Crippen molar-refractivity contribution in [2.45, 2.75) is 32.3 Å². The topological polar surface area (TPSA) is 24.5 Å². The maximum atomic E-state index is 12.1. The Kier molecular flexibility index (Phi) is 3.89. The Labute approximate surface area is 110 Å². The van der Waals surface area contributed by atoms with Crippen LogP contribution in [0.4, 0.5) is 18.9 Å². The Morgan fingerprint density at radius 1 is 1.21 bits per heavy atom. The summed E-state index contributed by atoms with van der Waals surface area (Å²) in [7, 11) is 0. The zero-order chi connectivity index (χ0) is 14.0. The lowest BCUT2D eigenvalue weighted by molar-refractivity contribution is -0.274. The molecule has 1 aliphatic rings. The molecule has 2 rings (SSSR count). The van der Waals surface area contributed by atoms with Gasteiger partial charge in [-0.3, -0.25) is 0 Å². The van der Waals surface area contributed by atoms with Crippen LogP contribution in [0.25, 0.3) is 0 Å². The lowest BCUT2D eigenvalue weighted by Gasteiger charge is -2.39. The van der Waals surface area contributed by atoms with E-state index in [-0.39, 0.29) is 5.75 Å². The molecule has 0 bridgehead atoms. The predicted molar refractivity (Wildman–Crippen MR) is 67.4 cm³/mol. The quantitative estimate of drug-likeness (QED) is 0.897. The lowest BCUT2D eigenvalue weighted by Crippen LogP contribution is -2.54. The highest BCUT2D eigenvalue weighted by Crippen LogP contribution is 2.26. The number of ether oxygens (including phenoxy) is 1. The molecule has 1 N–H and O–H groups in total. The summed E-state index contributed by atoms with van der Waals surface area (Å²) in [5.41, 5.74) is 0.912. The predicted octanol–water partition coefficient (Wildman–Crippen LogP) is 2.77. The molecule has 3 nitrogen and oxygen atoms in total. The second-order valence-corrected chi connectivity index (χ2v) is 4.85. The zero-order valence-electron chi connectivity index (χ0n) is 10.9. The van der Waals surface area contributed by atoms with Gasteiger partial charge in [-0.25, -0.2) is 0 Å². The summed E-state index contributed by atoms with van der Waals surface area (Å²) in [6, 6.07) is 6.70. The smallest absolute Gasteiger partial charge is 0.406 e. The van der Waals surface area contributed by atoms with Crippen molar-refractivity contribution in [1.82, 2.24) is 5.32 Å². The van der Waals surface area contributed by atoms with Gasteiger partial charge in [-0.05, 0) is 38.1 Å². The van der Waals surface area contributed by atoms with E-state index in [0.717, 1.165) is 18.8 Å². The molecule has 0 spiro atoms. The van der Waals surface area contributed by atoms with Crippen LogP contribution in [0, 0.1) is 0 Å². The first-order valence-corrected chi connectivity index (χ1v) is 6.21. The number of alkyl halides is 3. The average Bonchev–Trinajstić information content (AvgIpc) is 2.31. The molecule has 2 atom stereocenters. The van der Waals surface area contributed by atoms with Crippen LogP contribution in [0.15, 0.2) is 24.3 Å². The van der Waals surface area contributed by atoms with Gasteiger partial charge >= 0.3 is 6.36 Å². The Balaban J connectivity index is 2.09. The number of anilines is 1. The van der Waals surface area contributed by atoms with Crippen molar-refractivity contribution in [2.75, 3.05) is 18.0 Å². The highest BCUT2D eigenvalue weighted by atomic mass is 19.4. The highest BCUT2D eigenvalue weighted by molar-refractivity contribution is 5.50. The number of nitrogens with one attached hydrogen (secondary N) is 1. The zero-order valence-corrected chi connectivity index (χ0v) is 10.9. The van der Waals surface area contributed by atoms with Crippen molar-refractivity contribution < 1.29 is 17.9 Å². The summed E-state index contributed by atoms with van der Waals surface area (Å²) in [6.07, 6.45) is -4.64.